The van der Waals surface area contributed by atoms with Gasteiger partial charge >= 0.3 is 6.09 Å². The van der Waals surface area contributed by atoms with Gasteiger partial charge in [0.15, 0.2) is 0 Å². The summed E-state index contributed by atoms with van der Waals surface area (Å²) in [4.78, 5) is 58.0. The summed E-state index contributed by atoms with van der Waals surface area (Å²) >= 11 is 6.13. The van der Waals surface area contributed by atoms with Crippen molar-refractivity contribution in [2.75, 3.05) is 52.7 Å². The van der Waals surface area contributed by atoms with Crippen molar-refractivity contribution in [2.24, 2.45) is 0 Å². The normalized spacial score (nSPS) is 16.9. The van der Waals surface area contributed by atoms with Crippen LogP contribution >= 0.6 is 24.0 Å². The van der Waals surface area contributed by atoms with E-state index in [0.29, 0.717) is 26.4 Å². The van der Waals surface area contributed by atoms with Crippen LogP contribution in [0, 0.1) is 6.92 Å². The molecule has 3 atom stereocenters. The maximum atomic E-state index is 13.7. The van der Waals surface area contributed by atoms with Gasteiger partial charge in [-0.1, -0.05) is 24.3 Å². The number of carbonyl (C=O) groups excluding carboxylic acids is 4. The molecule has 14 nitrogen and oxygen atoms in total. The second-order valence-electron chi connectivity index (χ2n) is 13.4. The molecule has 50 heavy (non-hydrogen) atoms. The lowest BCUT2D eigenvalue weighted by Crippen LogP contribution is -2.59. The number of nitrogens with one attached hydrogen (secondary N) is 3. The van der Waals surface area contributed by atoms with Crippen molar-refractivity contribution < 1.29 is 43.2 Å². The van der Waals surface area contributed by atoms with Crippen LogP contribution in [0.2, 0.25) is 0 Å². The number of aliphatic hydroxyl groups excluding tert-OH is 1. The number of aliphatic hydroxyl groups is 1. The molecule has 3 rings (SSSR count). The molecule has 0 aliphatic carbocycles. The van der Waals surface area contributed by atoms with Gasteiger partial charge in [0, 0.05) is 30.8 Å². The van der Waals surface area contributed by atoms with Gasteiger partial charge in [-0.25, -0.2) is 9.78 Å². The van der Waals surface area contributed by atoms with Crippen molar-refractivity contribution in [3.05, 3.63) is 41.0 Å². The molecule has 1 aliphatic rings. The fourth-order valence-electron chi connectivity index (χ4n) is 5.02. The Morgan fingerprint density at radius 3 is 2.24 bits per heavy atom. The molecule has 1 aliphatic heterocycles. The van der Waals surface area contributed by atoms with E-state index in [9.17, 15) is 24.3 Å². The first-order valence-corrected chi connectivity index (χ1v) is 17.9. The summed E-state index contributed by atoms with van der Waals surface area (Å²) in [6.45, 7) is 12.1. The predicted octanol–water partition coefficient (Wildman–Crippen LogP) is 2.46. The number of benzene rings is 1. The van der Waals surface area contributed by atoms with Gasteiger partial charge in [-0.05, 0) is 52.7 Å². The molecule has 1 saturated heterocycles. The van der Waals surface area contributed by atoms with Crippen LogP contribution in [0.1, 0.15) is 52.3 Å². The summed E-state index contributed by atoms with van der Waals surface area (Å²) in [5.74, 6) is -1.46. The Morgan fingerprint density at radius 2 is 1.64 bits per heavy atom. The number of thiol groups is 1. The van der Waals surface area contributed by atoms with Crippen molar-refractivity contribution in [3.63, 3.8) is 0 Å². The third kappa shape index (κ3) is 13.8. The molecular formula is C34H51N5O9S2. The summed E-state index contributed by atoms with van der Waals surface area (Å²) in [6.07, 6.45) is -1.32. The number of carbonyl (C=O) groups is 4. The zero-order valence-corrected chi connectivity index (χ0v) is 31.4. The Hall–Kier alpha value is -3.28. The topological polar surface area (TPSA) is 178 Å². The lowest BCUT2D eigenvalue weighted by atomic mass is 10.0. The van der Waals surface area contributed by atoms with Gasteiger partial charge < -0.3 is 44.9 Å². The molecule has 2 aromatic rings. The van der Waals surface area contributed by atoms with Gasteiger partial charge in [-0.2, -0.15) is 12.6 Å². The molecule has 1 aromatic heterocycles. The Labute approximate surface area is 303 Å². The van der Waals surface area contributed by atoms with E-state index in [1.54, 1.807) is 51.5 Å². The number of nitrogens with zero attached hydrogens (tertiary/aromatic N) is 2. The number of alkyl carbamates (subject to hydrolysis) is 1. The van der Waals surface area contributed by atoms with E-state index in [1.165, 1.54) is 4.90 Å². The number of amides is 4. The molecule has 0 spiro atoms. The molecule has 278 valence electrons. The highest BCUT2D eigenvalue weighted by Gasteiger charge is 2.44. The van der Waals surface area contributed by atoms with Crippen molar-refractivity contribution >= 4 is 47.8 Å². The molecule has 0 radical (unpaired) electrons. The van der Waals surface area contributed by atoms with Crippen LogP contribution in [-0.4, -0.2) is 120 Å². The first-order valence-electron chi connectivity index (χ1n) is 16.5. The van der Waals surface area contributed by atoms with E-state index < -0.39 is 52.4 Å². The summed E-state index contributed by atoms with van der Waals surface area (Å²) in [5, 5.41) is 18.6. The van der Waals surface area contributed by atoms with Crippen LogP contribution in [0.5, 0.6) is 0 Å². The van der Waals surface area contributed by atoms with Gasteiger partial charge in [-0.15, -0.1) is 11.3 Å². The van der Waals surface area contributed by atoms with E-state index in [1.807, 2.05) is 31.2 Å². The minimum Gasteiger partial charge on any atom is -0.444 e. The highest BCUT2D eigenvalue weighted by atomic mass is 32.1. The molecule has 1 fully saturated rings. The first-order chi connectivity index (χ1) is 23.5. The number of rotatable bonds is 18. The quantitative estimate of drug-likeness (QED) is 0.113. The Morgan fingerprint density at radius 1 is 1.00 bits per heavy atom. The van der Waals surface area contributed by atoms with E-state index in [-0.39, 0.29) is 39.3 Å². The average molecular weight is 738 g/mol. The maximum Gasteiger partial charge on any atom is 0.407 e. The maximum absolute atomic E-state index is 13.7. The number of aryl methyl sites for hydroxylation is 1. The fourth-order valence-corrected chi connectivity index (χ4v) is 6.01. The molecule has 2 heterocycles. The van der Waals surface area contributed by atoms with Crippen molar-refractivity contribution in [1.82, 2.24) is 25.8 Å². The largest absolute Gasteiger partial charge is 0.444 e. The van der Waals surface area contributed by atoms with Crippen LogP contribution in [-0.2, 0) is 39.9 Å². The molecule has 4 amide bonds. The van der Waals surface area contributed by atoms with Crippen LogP contribution in [0.15, 0.2) is 29.8 Å². The average Bonchev–Trinajstić information content (AvgIpc) is 3.65. The zero-order valence-electron chi connectivity index (χ0n) is 29.7. The summed E-state index contributed by atoms with van der Waals surface area (Å²) < 4.78 is 20.4. The van der Waals surface area contributed by atoms with Crippen LogP contribution in [0.4, 0.5) is 4.79 Å². The summed E-state index contributed by atoms with van der Waals surface area (Å²) in [6, 6.07) is 5.80. The second-order valence-corrected chi connectivity index (χ2v) is 15.4. The zero-order chi connectivity index (χ0) is 36.9. The van der Waals surface area contributed by atoms with Gasteiger partial charge in [0.25, 0.3) is 0 Å². The van der Waals surface area contributed by atoms with Crippen molar-refractivity contribution in [3.8, 4) is 10.4 Å². The number of likely N-dealkylation sites (tertiary alicyclic amines) is 1. The van der Waals surface area contributed by atoms with Gasteiger partial charge in [0.1, 0.15) is 24.3 Å². The lowest BCUT2D eigenvalue weighted by molar-refractivity contribution is -0.142. The van der Waals surface area contributed by atoms with Crippen LogP contribution in [0.3, 0.4) is 0 Å². The van der Waals surface area contributed by atoms with E-state index in [0.717, 1.165) is 21.7 Å². The number of β-amino-alcohol motifs (C(OH)–C–C–N with tert-alkyl or cyclic N) is 1. The molecule has 0 saturated carbocycles. The highest BCUT2D eigenvalue weighted by Crippen LogP contribution is 2.28. The standard InChI is InChI=1S/C34H51N5O9S2/c1-22-28(50-21-37-22)24-9-7-23(8-10-24)18-36-30(42)26-17-25(40)19-39(26)31(43)29(34(5,6)49)38-27(41)20-47-16-15-46-14-13-45-12-11-35-32(44)48-33(2,3)4/h7-10,21,25-26,29,40,49H,11-20H2,1-6H3,(H,35,44)(H,36,42)(H,38,41)/t25-,26+,29-/m1/s1. The lowest BCUT2D eigenvalue weighted by Gasteiger charge is -2.34. The van der Waals surface area contributed by atoms with Crippen LogP contribution < -0.4 is 16.0 Å². The van der Waals surface area contributed by atoms with Gasteiger partial charge in [-0.3, -0.25) is 14.4 Å². The van der Waals surface area contributed by atoms with Crippen molar-refractivity contribution in [1.29, 1.82) is 0 Å². The molecule has 4 N–H and O–H groups in total. The highest BCUT2D eigenvalue weighted by molar-refractivity contribution is 7.81. The van der Waals surface area contributed by atoms with Crippen molar-refractivity contribution in [2.45, 2.75) is 83.0 Å². The minimum absolute atomic E-state index is 0.0478. The minimum atomic E-state index is -1.09. The molecule has 1 aromatic carbocycles. The van der Waals surface area contributed by atoms with E-state index >= 15 is 0 Å². The smallest absolute Gasteiger partial charge is 0.407 e. The van der Waals surface area contributed by atoms with E-state index in [2.05, 4.69) is 33.6 Å². The number of hydrogen-bond acceptors (Lipinski definition) is 12. The second kappa shape index (κ2) is 19.4. The third-order valence-corrected chi connectivity index (χ3v) is 8.68. The number of aromatic nitrogens is 1. The molecule has 0 unspecified atom stereocenters. The number of thiazole rings is 1. The van der Waals surface area contributed by atoms with Crippen LogP contribution in [0.25, 0.3) is 10.4 Å². The Balaban J connectivity index is 1.39. The first kappa shape index (κ1) is 41.1. The third-order valence-electron chi connectivity index (χ3n) is 7.44. The molecule has 16 heteroatoms. The SMILES string of the molecule is Cc1ncsc1-c1ccc(CNC(=O)[C@@H]2C[C@@H](O)CN2C(=O)[C@@H](NC(=O)COCCOCCOCCNC(=O)OC(C)(C)C)C(C)(C)S)cc1. The Kier molecular flexibility index (Phi) is 15.9. The molecule has 0 bridgehead atoms. The van der Waals surface area contributed by atoms with E-state index in [4.69, 9.17) is 18.9 Å². The van der Waals surface area contributed by atoms with Gasteiger partial charge in [0.2, 0.25) is 17.7 Å². The number of hydrogen-bond donors (Lipinski definition) is 5. The Bertz CT molecular complexity index is 1410. The predicted molar refractivity (Wildman–Crippen MR) is 192 cm³/mol. The molecular weight excluding hydrogens is 687 g/mol. The fraction of sp³-hybridized carbons (Fsp3) is 0.618. The summed E-state index contributed by atoms with van der Waals surface area (Å²) in [5.41, 5.74) is 4.12. The van der Waals surface area contributed by atoms with Gasteiger partial charge in [0.05, 0.1) is 55.2 Å². The monoisotopic (exact) mass is 737 g/mol. The summed E-state index contributed by atoms with van der Waals surface area (Å²) in [7, 11) is 0. The number of ether oxygens (including phenoxy) is 4.